The Morgan fingerprint density at radius 3 is 2.38 bits per heavy atom. The van der Waals surface area contributed by atoms with Crippen molar-refractivity contribution in [3.63, 3.8) is 0 Å². The van der Waals surface area contributed by atoms with E-state index in [1.807, 2.05) is 6.92 Å². The van der Waals surface area contributed by atoms with Crippen molar-refractivity contribution >= 4 is 23.1 Å². The molecule has 0 aromatic heterocycles. The fraction of sp³-hybridized carbons (Fsp3) is 0.120. The van der Waals surface area contributed by atoms with Crippen LogP contribution in [-0.2, 0) is 9.59 Å². The lowest BCUT2D eigenvalue weighted by Crippen LogP contribution is -2.29. The number of amides is 1. The number of aliphatic hydroxyl groups excluding tert-OH is 1. The van der Waals surface area contributed by atoms with E-state index in [-0.39, 0.29) is 16.8 Å². The van der Waals surface area contributed by atoms with E-state index in [0.717, 1.165) is 11.0 Å². The van der Waals surface area contributed by atoms with Gasteiger partial charge in [-0.3, -0.25) is 14.5 Å². The fourth-order valence-corrected chi connectivity index (χ4v) is 3.74. The fourth-order valence-electron chi connectivity index (χ4n) is 3.74. The number of hydrogen-bond acceptors (Lipinski definition) is 4. The van der Waals surface area contributed by atoms with Crippen molar-refractivity contribution in [3.8, 4) is 5.75 Å². The minimum absolute atomic E-state index is 0.142. The summed E-state index contributed by atoms with van der Waals surface area (Å²) < 4.78 is 32.9. The summed E-state index contributed by atoms with van der Waals surface area (Å²) in [4.78, 5) is 27.1. The third-order valence-corrected chi connectivity index (χ3v) is 5.14. The van der Waals surface area contributed by atoms with Crippen LogP contribution in [0, 0.1) is 11.6 Å². The van der Waals surface area contributed by atoms with E-state index >= 15 is 0 Å². The van der Waals surface area contributed by atoms with E-state index in [4.69, 9.17) is 4.74 Å². The highest BCUT2D eigenvalue weighted by Gasteiger charge is 2.47. The number of carbonyl (C=O) groups excluding carboxylic acids is 2. The average molecular weight is 435 g/mol. The maximum atomic E-state index is 13.9. The molecule has 1 fully saturated rings. The molecular formula is C25H19F2NO4. The lowest BCUT2D eigenvalue weighted by atomic mass is 9.95. The number of anilines is 1. The van der Waals surface area contributed by atoms with Crippen molar-refractivity contribution < 1.29 is 28.2 Å². The quantitative estimate of drug-likeness (QED) is 0.348. The van der Waals surface area contributed by atoms with Crippen molar-refractivity contribution in [1.29, 1.82) is 0 Å². The summed E-state index contributed by atoms with van der Waals surface area (Å²) in [5.41, 5.74) is 0.626. The van der Waals surface area contributed by atoms with E-state index in [2.05, 4.69) is 0 Å². The molecule has 1 aliphatic rings. The number of hydrogen-bond donors (Lipinski definition) is 1. The Bertz CT molecular complexity index is 1220. The lowest BCUT2D eigenvalue weighted by Gasteiger charge is -2.25. The number of carbonyl (C=O) groups is 2. The highest BCUT2D eigenvalue weighted by molar-refractivity contribution is 6.51. The third-order valence-electron chi connectivity index (χ3n) is 5.14. The van der Waals surface area contributed by atoms with Crippen LogP contribution in [-0.4, -0.2) is 23.4 Å². The zero-order valence-electron chi connectivity index (χ0n) is 17.1. The second-order valence-corrected chi connectivity index (χ2v) is 7.16. The summed E-state index contributed by atoms with van der Waals surface area (Å²) >= 11 is 0. The SMILES string of the molecule is CCOc1cccc(/C(O)=C2\C(=O)C(=O)N(c3cccc(F)c3)C2c2ccc(F)cc2)c1. The van der Waals surface area contributed by atoms with E-state index in [1.54, 1.807) is 24.3 Å². The van der Waals surface area contributed by atoms with E-state index in [1.165, 1.54) is 42.5 Å². The summed E-state index contributed by atoms with van der Waals surface area (Å²) in [6.07, 6.45) is 0. The van der Waals surface area contributed by atoms with Crippen LogP contribution in [0.25, 0.3) is 5.76 Å². The molecule has 1 saturated heterocycles. The summed E-state index contributed by atoms with van der Waals surface area (Å²) in [5, 5.41) is 11.1. The van der Waals surface area contributed by atoms with Gasteiger partial charge in [0.05, 0.1) is 18.2 Å². The Balaban J connectivity index is 1.92. The largest absolute Gasteiger partial charge is 0.507 e. The first-order valence-corrected chi connectivity index (χ1v) is 9.96. The van der Waals surface area contributed by atoms with Crippen molar-refractivity contribution in [1.82, 2.24) is 0 Å². The predicted octanol–water partition coefficient (Wildman–Crippen LogP) is 4.99. The molecular weight excluding hydrogens is 416 g/mol. The van der Waals surface area contributed by atoms with E-state index < -0.39 is 35.1 Å². The highest BCUT2D eigenvalue weighted by atomic mass is 19.1. The number of Topliss-reactive ketones (excluding diaryl/α,β-unsaturated/α-hetero) is 1. The van der Waals surface area contributed by atoms with E-state index in [0.29, 0.717) is 17.9 Å². The Hall–Kier alpha value is -4.00. The van der Waals surface area contributed by atoms with Gasteiger partial charge in [0.15, 0.2) is 0 Å². The normalized spacial score (nSPS) is 17.6. The van der Waals surface area contributed by atoms with Gasteiger partial charge >= 0.3 is 0 Å². The molecule has 162 valence electrons. The summed E-state index contributed by atoms with van der Waals surface area (Å²) in [6.45, 7) is 2.22. The monoisotopic (exact) mass is 435 g/mol. The summed E-state index contributed by atoms with van der Waals surface area (Å²) in [7, 11) is 0. The molecule has 1 amide bonds. The highest BCUT2D eigenvalue weighted by Crippen LogP contribution is 2.42. The number of aliphatic hydroxyl groups is 1. The maximum absolute atomic E-state index is 13.9. The van der Waals surface area contributed by atoms with Crippen LogP contribution < -0.4 is 9.64 Å². The van der Waals surface area contributed by atoms with Gasteiger partial charge in [0.25, 0.3) is 11.7 Å². The number of halogens is 2. The predicted molar refractivity (Wildman–Crippen MR) is 115 cm³/mol. The molecule has 0 radical (unpaired) electrons. The minimum atomic E-state index is -1.08. The smallest absolute Gasteiger partial charge is 0.300 e. The molecule has 0 aliphatic carbocycles. The first-order valence-electron chi connectivity index (χ1n) is 9.96. The Labute approximate surface area is 183 Å². The van der Waals surface area contributed by atoms with Crippen molar-refractivity contribution in [2.24, 2.45) is 0 Å². The molecule has 7 heteroatoms. The minimum Gasteiger partial charge on any atom is -0.507 e. The van der Waals surface area contributed by atoms with Crippen molar-refractivity contribution in [2.75, 3.05) is 11.5 Å². The van der Waals surface area contributed by atoms with Gasteiger partial charge in [0.2, 0.25) is 0 Å². The topological polar surface area (TPSA) is 66.8 Å². The molecule has 3 aromatic carbocycles. The maximum Gasteiger partial charge on any atom is 0.300 e. The molecule has 0 spiro atoms. The number of ether oxygens (including phenoxy) is 1. The Kier molecular flexibility index (Phi) is 5.73. The molecule has 3 aromatic rings. The van der Waals surface area contributed by atoms with Gasteiger partial charge in [-0.05, 0) is 55.0 Å². The second kappa shape index (κ2) is 8.63. The van der Waals surface area contributed by atoms with Crippen LogP contribution in [0.1, 0.15) is 24.1 Å². The average Bonchev–Trinajstić information content (AvgIpc) is 3.05. The molecule has 1 heterocycles. The zero-order valence-corrected chi connectivity index (χ0v) is 17.1. The Morgan fingerprint density at radius 2 is 1.69 bits per heavy atom. The molecule has 1 unspecified atom stereocenters. The van der Waals surface area contributed by atoms with Crippen LogP contribution in [0.3, 0.4) is 0 Å². The molecule has 0 bridgehead atoms. The van der Waals surface area contributed by atoms with Crippen LogP contribution in [0.4, 0.5) is 14.5 Å². The van der Waals surface area contributed by atoms with Crippen LogP contribution in [0.2, 0.25) is 0 Å². The first kappa shape index (κ1) is 21.2. The molecule has 1 N–H and O–H groups in total. The number of rotatable bonds is 5. The van der Waals surface area contributed by atoms with Gasteiger partial charge in [-0.15, -0.1) is 0 Å². The second-order valence-electron chi connectivity index (χ2n) is 7.16. The van der Waals surface area contributed by atoms with Crippen molar-refractivity contribution in [2.45, 2.75) is 13.0 Å². The zero-order chi connectivity index (χ0) is 22.8. The summed E-state index contributed by atoms with van der Waals surface area (Å²) in [5.74, 6) is -2.87. The van der Waals surface area contributed by atoms with Crippen LogP contribution in [0.5, 0.6) is 5.75 Å². The van der Waals surface area contributed by atoms with Gasteiger partial charge in [0, 0.05) is 11.3 Å². The number of nitrogens with zero attached hydrogens (tertiary/aromatic N) is 1. The van der Waals surface area contributed by atoms with Gasteiger partial charge < -0.3 is 9.84 Å². The Morgan fingerprint density at radius 1 is 0.969 bits per heavy atom. The molecule has 4 rings (SSSR count). The standard InChI is InChI=1S/C25H19F2NO4/c1-2-32-20-8-3-5-16(13-20)23(29)21-22(15-9-11-17(26)12-10-15)28(25(31)24(21)30)19-7-4-6-18(27)14-19/h3-14,22,29H,2H2,1H3/b23-21+. The van der Waals surface area contributed by atoms with Crippen molar-refractivity contribution in [3.05, 3.63) is 101 Å². The van der Waals surface area contributed by atoms with Crippen LogP contribution in [0.15, 0.2) is 78.4 Å². The first-order chi connectivity index (χ1) is 15.4. The van der Waals surface area contributed by atoms with Crippen LogP contribution >= 0.6 is 0 Å². The molecule has 1 aliphatic heterocycles. The van der Waals surface area contributed by atoms with E-state index in [9.17, 15) is 23.5 Å². The summed E-state index contributed by atoms with van der Waals surface area (Å²) in [6, 6.07) is 15.9. The van der Waals surface area contributed by atoms with Gasteiger partial charge in [0.1, 0.15) is 23.1 Å². The number of benzene rings is 3. The van der Waals surface area contributed by atoms with Gasteiger partial charge in [-0.2, -0.15) is 0 Å². The van der Waals surface area contributed by atoms with Gasteiger partial charge in [-0.25, -0.2) is 8.78 Å². The number of ketones is 1. The molecule has 0 saturated carbocycles. The third kappa shape index (κ3) is 3.85. The molecule has 1 atom stereocenters. The molecule has 32 heavy (non-hydrogen) atoms. The van der Waals surface area contributed by atoms with Gasteiger partial charge in [-0.1, -0.05) is 30.3 Å². The lowest BCUT2D eigenvalue weighted by molar-refractivity contribution is -0.132. The molecule has 5 nitrogen and oxygen atoms in total.